The first-order valence-corrected chi connectivity index (χ1v) is 8.89. The van der Waals surface area contributed by atoms with Crippen LogP contribution in [0.4, 0.5) is 0 Å². The van der Waals surface area contributed by atoms with E-state index in [9.17, 15) is 8.42 Å². The minimum atomic E-state index is -3.68. The molecular formula is C19H16N2O2S. The fourth-order valence-electron chi connectivity index (χ4n) is 2.25. The Morgan fingerprint density at radius 3 is 2.33 bits per heavy atom. The second-order valence-corrected chi connectivity index (χ2v) is 6.81. The van der Waals surface area contributed by atoms with Crippen molar-refractivity contribution in [1.82, 2.24) is 4.83 Å². The van der Waals surface area contributed by atoms with Gasteiger partial charge in [0.15, 0.2) is 0 Å². The maximum atomic E-state index is 12.3. The van der Waals surface area contributed by atoms with Gasteiger partial charge >= 0.3 is 0 Å². The summed E-state index contributed by atoms with van der Waals surface area (Å²) in [5.74, 6) is 0. The van der Waals surface area contributed by atoms with E-state index in [1.54, 1.807) is 24.3 Å². The molecule has 0 aliphatic heterocycles. The summed E-state index contributed by atoms with van der Waals surface area (Å²) in [6.07, 6.45) is 4.93. The van der Waals surface area contributed by atoms with Gasteiger partial charge in [-0.2, -0.15) is 13.5 Å². The smallest absolute Gasteiger partial charge is 0.200 e. The van der Waals surface area contributed by atoms with Crippen molar-refractivity contribution in [1.29, 1.82) is 0 Å². The number of sulfonamides is 1. The van der Waals surface area contributed by atoms with Gasteiger partial charge in [0, 0.05) is 6.21 Å². The first-order valence-electron chi connectivity index (χ1n) is 7.40. The van der Waals surface area contributed by atoms with Crippen molar-refractivity contribution in [2.75, 3.05) is 0 Å². The molecule has 0 heterocycles. The van der Waals surface area contributed by atoms with Crippen molar-refractivity contribution in [3.05, 3.63) is 84.4 Å². The number of hydrogen-bond acceptors (Lipinski definition) is 3. The third-order valence-electron chi connectivity index (χ3n) is 3.45. The molecule has 0 aliphatic carbocycles. The van der Waals surface area contributed by atoms with E-state index in [0.717, 1.165) is 16.3 Å². The third kappa shape index (κ3) is 3.88. The molecule has 0 bridgehead atoms. The SMILES string of the molecule is O=S(=O)(N/N=C/C=C/c1ccccc1)c1ccc2ccccc2c1. The zero-order valence-electron chi connectivity index (χ0n) is 12.8. The third-order valence-corrected chi connectivity index (χ3v) is 4.67. The zero-order chi connectivity index (χ0) is 16.8. The molecule has 0 atom stereocenters. The summed E-state index contributed by atoms with van der Waals surface area (Å²) in [7, 11) is -3.68. The molecule has 120 valence electrons. The molecule has 0 aromatic heterocycles. The van der Waals surface area contributed by atoms with Gasteiger partial charge in [-0.1, -0.05) is 66.7 Å². The molecule has 0 amide bonds. The van der Waals surface area contributed by atoms with E-state index in [4.69, 9.17) is 0 Å². The number of fused-ring (bicyclic) bond motifs is 1. The first-order chi connectivity index (χ1) is 11.6. The maximum absolute atomic E-state index is 12.3. The number of hydrazone groups is 1. The fraction of sp³-hybridized carbons (Fsp3) is 0. The summed E-state index contributed by atoms with van der Waals surface area (Å²) >= 11 is 0. The minimum absolute atomic E-state index is 0.186. The largest absolute Gasteiger partial charge is 0.276 e. The quantitative estimate of drug-likeness (QED) is 0.569. The highest BCUT2D eigenvalue weighted by atomic mass is 32.2. The van der Waals surface area contributed by atoms with E-state index in [2.05, 4.69) is 9.93 Å². The van der Waals surface area contributed by atoms with Crippen molar-refractivity contribution in [3.8, 4) is 0 Å². The van der Waals surface area contributed by atoms with Crippen LogP contribution < -0.4 is 4.83 Å². The van der Waals surface area contributed by atoms with Gasteiger partial charge in [0.1, 0.15) is 0 Å². The Balaban J connectivity index is 1.71. The van der Waals surface area contributed by atoms with Crippen molar-refractivity contribution < 1.29 is 8.42 Å². The molecule has 0 unspecified atom stereocenters. The number of allylic oxidation sites excluding steroid dienone is 1. The Morgan fingerprint density at radius 2 is 1.54 bits per heavy atom. The number of nitrogens with one attached hydrogen (secondary N) is 1. The summed E-state index contributed by atoms with van der Waals surface area (Å²) in [5, 5.41) is 5.63. The minimum Gasteiger partial charge on any atom is -0.200 e. The van der Waals surface area contributed by atoms with Crippen LogP contribution in [0.1, 0.15) is 5.56 Å². The van der Waals surface area contributed by atoms with Gasteiger partial charge in [0.2, 0.25) is 0 Å². The molecule has 0 saturated heterocycles. The van der Waals surface area contributed by atoms with Crippen LogP contribution in [0.25, 0.3) is 16.8 Å². The van der Waals surface area contributed by atoms with Crippen LogP contribution in [0.15, 0.2) is 88.9 Å². The summed E-state index contributed by atoms with van der Waals surface area (Å²) in [6.45, 7) is 0. The normalized spacial score (nSPS) is 12.2. The summed E-state index contributed by atoms with van der Waals surface area (Å²) in [4.78, 5) is 2.40. The van der Waals surface area contributed by atoms with E-state index in [1.165, 1.54) is 6.21 Å². The van der Waals surface area contributed by atoms with Crippen molar-refractivity contribution in [3.63, 3.8) is 0 Å². The average Bonchev–Trinajstić information content (AvgIpc) is 2.62. The van der Waals surface area contributed by atoms with Crippen molar-refractivity contribution >= 4 is 33.1 Å². The highest BCUT2D eigenvalue weighted by Crippen LogP contribution is 2.18. The summed E-state index contributed by atoms with van der Waals surface area (Å²) < 4.78 is 24.5. The molecule has 0 saturated carbocycles. The Bertz CT molecular complexity index is 994. The Labute approximate surface area is 141 Å². The van der Waals surface area contributed by atoms with Gasteiger partial charge in [0.25, 0.3) is 10.0 Å². The van der Waals surface area contributed by atoms with E-state index in [-0.39, 0.29) is 4.90 Å². The lowest BCUT2D eigenvalue weighted by Crippen LogP contribution is -2.18. The molecule has 4 nitrogen and oxygen atoms in total. The summed E-state index contributed by atoms with van der Waals surface area (Å²) in [5.41, 5.74) is 1.02. The van der Waals surface area contributed by atoms with Crippen molar-refractivity contribution in [2.45, 2.75) is 4.90 Å². The molecule has 0 spiro atoms. The maximum Gasteiger partial charge on any atom is 0.276 e. The number of rotatable bonds is 5. The molecule has 24 heavy (non-hydrogen) atoms. The average molecular weight is 336 g/mol. The monoisotopic (exact) mass is 336 g/mol. The standard InChI is InChI=1S/C19H16N2O2S/c22-24(23,19-13-12-17-10-4-5-11-18(17)15-19)21-20-14-6-9-16-7-2-1-3-8-16/h1-15,21H/b9-6+,20-14+. The molecule has 3 aromatic rings. The molecule has 0 aliphatic rings. The lowest BCUT2D eigenvalue weighted by molar-refractivity contribution is 0.585. The highest BCUT2D eigenvalue weighted by Gasteiger charge is 2.12. The highest BCUT2D eigenvalue weighted by molar-refractivity contribution is 7.89. The molecule has 5 heteroatoms. The van der Waals surface area contributed by atoms with Gasteiger partial charge < -0.3 is 0 Å². The van der Waals surface area contributed by atoms with Gasteiger partial charge in [-0.05, 0) is 34.5 Å². The Kier molecular flexibility index (Phi) is 4.72. The fourth-order valence-corrected chi connectivity index (χ4v) is 3.08. The second kappa shape index (κ2) is 7.10. The van der Waals surface area contributed by atoms with Crippen LogP contribution in [0.5, 0.6) is 0 Å². The van der Waals surface area contributed by atoms with Crippen molar-refractivity contribution in [2.24, 2.45) is 5.10 Å². The number of benzene rings is 3. The molecule has 0 fully saturated rings. The topological polar surface area (TPSA) is 58.5 Å². The van der Waals surface area contributed by atoms with Crippen LogP contribution in [0, 0.1) is 0 Å². The molecule has 0 radical (unpaired) electrons. The van der Waals surface area contributed by atoms with Crippen LogP contribution in [-0.4, -0.2) is 14.6 Å². The van der Waals surface area contributed by atoms with Crippen LogP contribution in [0.3, 0.4) is 0 Å². The first kappa shape index (κ1) is 16.0. The number of nitrogens with zero attached hydrogens (tertiary/aromatic N) is 1. The van der Waals surface area contributed by atoms with Crippen LogP contribution in [-0.2, 0) is 10.0 Å². The summed E-state index contributed by atoms with van der Waals surface area (Å²) in [6, 6.07) is 22.3. The Morgan fingerprint density at radius 1 is 0.833 bits per heavy atom. The van der Waals surface area contributed by atoms with E-state index in [0.29, 0.717) is 0 Å². The van der Waals surface area contributed by atoms with Gasteiger partial charge in [0.05, 0.1) is 4.90 Å². The van der Waals surface area contributed by atoms with E-state index < -0.39 is 10.0 Å². The molecule has 3 rings (SSSR count). The second-order valence-electron chi connectivity index (χ2n) is 5.15. The van der Waals surface area contributed by atoms with Crippen LogP contribution >= 0.6 is 0 Å². The molecule has 1 N–H and O–H groups in total. The van der Waals surface area contributed by atoms with Crippen LogP contribution in [0.2, 0.25) is 0 Å². The van der Waals surface area contributed by atoms with Gasteiger partial charge in [-0.15, -0.1) is 0 Å². The molecular weight excluding hydrogens is 320 g/mol. The van der Waals surface area contributed by atoms with Gasteiger partial charge in [-0.3, -0.25) is 0 Å². The zero-order valence-corrected chi connectivity index (χ0v) is 13.6. The molecule has 3 aromatic carbocycles. The van der Waals surface area contributed by atoms with E-state index >= 15 is 0 Å². The lowest BCUT2D eigenvalue weighted by atomic mass is 10.1. The van der Waals surface area contributed by atoms with E-state index in [1.807, 2.05) is 60.7 Å². The Hall–Kier alpha value is -2.92. The predicted molar refractivity (Wildman–Crippen MR) is 98.2 cm³/mol. The number of hydrogen-bond donors (Lipinski definition) is 1. The predicted octanol–water partition coefficient (Wildman–Crippen LogP) is 3.82. The lowest BCUT2D eigenvalue weighted by Gasteiger charge is -2.04. The van der Waals surface area contributed by atoms with Gasteiger partial charge in [-0.25, -0.2) is 4.83 Å².